The minimum atomic E-state index is -4.72. The van der Waals surface area contributed by atoms with E-state index in [1.165, 1.54) is 38.2 Å². The third-order valence-corrected chi connectivity index (χ3v) is 4.09. The summed E-state index contributed by atoms with van der Waals surface area (Å²) in [4.78, 5) is 28.0. The number of nitrogens with zero attached hydrogens (tertiary/aromatic N) is 4. The Kier molecular flexibility index (Phi) is 6.04. The molecule has 2 heterocycles. The first-order valence-corrected chi connectivity index (χ1v) is 8.80. The molecular formula is C18H16F4N6O3. The van der Waals surface area contributed by atoms with Crippen LogP contribution in [-0.4, -0.2) is 38.3 Å². The van der Waals surface area contributed by atoms with Crippen molar-refractivity contribution in [2.75, 3.05) is 6.54 Å². The highest BCUT2D eigenvalue weighted by Crippen LogP contribution is 2.28. The third kappa shape index (κ3) is 5.24. The Bertz CT molecular complexity index is 1110. The molecule has 0 aliphatic rings. The maximum absolute atomic E-state index is 13.4. The highest BCUT2D eigenvalue weighted by atomic mass is 19.4. The molecule has 0 saturated heterocycles. The van der Waals surface area contributed by atoms with Gasteiger partial charge in [-0.25, -0.2) is 4.39 Å². The van der Waals surface area contributed by atoms with Crippen molar-refractivity contribution in [3.63, 3.8) is 0 Å². The van der Waals surface area contributed by atoms with Gasteiger partial charge >= 0.3 is 6.18 Å². The van der Waals surface area contributed by atoms with Crippen LogP contribution in [0.2, 0.25) is 0 Å². The van der Waals surface area contributed by atoms with Crippen LogP contribution in [0, 0.1) is 5.82 Å². The fraction of sp³-hybridized carbons (Fsp3) is 0.278. The van der Waals surface area contributed by atoms with Gasteiger partial charge in [-0.1, -0.05) is 17.3 Å². The minimum absolute atomic E-state index is 0.0245. The lowest BCUT2D eigenvalue weighted by Crippen LogP contribution is -2.38. The molecule has 0 unspecified atom stereocenters. The lowest BCUT2D eigenvalue weighted by molar-refractivity contribution is -0.141. The summed E-state index contributed by atoms with van der Waals surface area (Å²) < 4.78 is 57.9. The van der Waals surface area contributed by atoms with Crippen LogP contribution in [-0.2, 0) is 18.0 Å². The SMILES string of the molecule is CC(=O)NC[C@@H](NC(=O)c1cc(C(F)(F)F)nn1C)c1nc(-c2cccc(F)c2)no1. The van der Waals surface area contributed by atoms with E-state index in [0.717, 1.165) is 4.68 Å². The van der Waals surface area contributed by atoms with Crippen molar-refractivity contribution in [3.05, 3.63) is 53.4 Å². The fourth-order valence-electron chi connectivity index (χ4n) is 2.62. The molecule has 0 aliphatic carbocycles. The molecule has 31 heavy (non-hydrogen) atoms. The van der Waals surface area contributed by atoms with Crippen molar-refractivity contribution in [3.8, 4) is 11.4 Å². The van der Waals surface area contributed by atoms with E-state index in [1.54, 1.807) is 0 Å². The second-order valence-corrected chi connectivity index (χ2v) is 6.47. The molecule has 3 rings (SSSR count). The van der Waals surface area contributed by atoms with Gasteiger partial charge in [0.1, 0.15) is 17.6 Å². The first-order valence-electron chi connectivity index (χ1n) is 8.80. The van der Waals surface area contributed by atoms with Crippen LogP contribution < -0.4 is 10.6 Å². The molecule has 0 fully saturated rings. The first kappa shape index (κ1) is 21.9. The van der Waals surface area contributed by atoms with Gasteiger partial charge in [-0.2, -0.15) is 23.3 Å². The normalized spacial score (nSPS) is 12.5. The molecule has 2 amide bonds. The molecule has 2 N–H and O–H groups in total. The van der Waals surface area contributed by atoms with Gasteiger partial charge in [0.25, 0.3) is 11.8 Å². The molecule has 2 aromatic heterocycles. The molecule has 0 spiro atoms. The summed E-state index contributed by atoms with van der Waals surface area (Å²) in [6.45, 7) is 1.05. The summed E-state index contributed by atoms with van der Waals surface area (Å²) in [5.74, 6) is -1.98. The second-order valence-electron chi connectivity index (χ2n) is 6.47. The van der Waals surface area contributed by atoms with Gasteiger partial charge in [-0.15, -0.1) is 0 Å². The van der Waals surface area contributed by atoms with Gasteiger partial charge in [-0.3, -0.25) is 14.3 Å². The minimum Gasteiger partial charge on any atom is -0.354 e. The number of nitrogens with one attached hydrogen (secondary N) is 2. The van der Waals surface area contributed by atoms with Crippen LogP contribution in [0.3, 0.4) is 0 Å². The zero-order chi connectivity index (χ0) is 22.8. The van der Waals surface area contributed by atoms with E-state index in [0.29, 0.717) is 11.6 Å². The summed E-state index contributed by atoms with van der Waals surface area (Å²) in [6.07, 6.45) is -4.72. The van der Waals surface area contributed by atoms with E-state index >= 15 is 0 Å². The highest BCUT2D eigenvalue weighted by molar-refractivity contribution is 5.93. The number of hydrogen-bond acceptors (Lipinski definition) is 6. The predicted octanol–water partition coefficient (Wildman–Crippen LogP) is 2.24. The predicted molar refractivity (Wildman–Crippen MR) is 96.8 cm³/mol. The average molecular weight is 440 g/mol. The number of carbonyl (C=O) groups excluding carboxylic acids is 2. The maximum atomic E-state index is 13.4. The highest BCUT2D eigenvalue weighted by Gasteiger charge is 2.36. The van der Waals surface area contributed by atoms with Crippen molar-refractivity contribution in [2.24, 2.45) is 7.05 Å². The topological polar surface area (TPSA) is 115 Å². The van der Waals surface area contributed by atoms with Gasteiger partial charge in [0, 0.05) is 32.1 Å². The molecule has 164 valence electrons. The van der Waals surface area contributed by atoms with E-state index in [-0.39, 0.29) is 24.0 Å². The number of amides is 2. The molecule has 1 atom stereocenters. The lowest BCUT2D eigenvalue weighted by atomic mass is 10.2. The number of hydrogen-bond donors (Lipinski definition) is 2. The van der Waals surface area contributed by atoms with Gasteiger partial charge in [0.2, 0.25) is 11.7 Å². The number of alkyl halides is 3. The van der Waals surface area contributed by atoms with Crippen LogP contribution >= 0.6 is 0 Å². The summed E-state index contributed by atoms with van der Waals surface area (Å²) in [5.41, 5.74) is -1.30. The fourth-order valence-corrected chi connectivity index (χ4v) is 2.62. The quantitative estimate of drug-likeness (QED) is 0.568. The van der Waals surface area contributed by atoms with E-state index in [2.05, 4.69) is 25.9 Å². The van der Waals surface area contributed by atoms with Crippen LogP contribution in [0.5, 0.6) is 0 Å². The standard InChI is InChI=1S/C18H16F4N6O3/c1-9(29)23-8-12(17-25-15(27-31-17)10-4-3-5-11(19)6-10)24-16(30)13-7-14(18(20,21)22)26-28(13)2/h3-7,12H,8H2,1-2H3,(H,23,29)(H,24,30)/t12-/m1/s1. The largest absolute Gasteiger partial charge is 0.435 e. The van der Waals surface area contributed by atoms with Crippen LogP contribution in [0.25, 0.3) is 11.4 Å². The van der Waals surface area contributed by atoms with E-state index < -0.39 is 35.5 Å². The molecule has 1 aromatic carbocycles. The second kappa shape index (κ2) is 8.53. The van der Waals surface area contributed by atoms with E-state index in [1.807, 2.05) is 0 Å². The first-order chi connectivity index (χ1) is 14.5. The lowest BCUT2D eigenvalue weighted by Gasteiger charge is -2.15. The number of rotatable bonds is 6. The molecule has 3 aromatic rings. The maximum Gasteiger partial charge on any atom is 0.435 e. The van der Waals surface area contributed by atoms with Crippen molar-refractivity contribution < 1.29 is 31.7 Å². The Balaban J connectivity index is 1.86. The van der Waals surface area contributed by atoms with E-state index in [9.17, 15) is 27.2 Å². The molecule has 9 nitrogen and oxygen atoms in total. The van der Waals surface area contributed by atoms with Crippen LogP contribution in [0.1, 0.15) is 35.0 Å². The van der Waals surface area contributed by atoms with Crippen molar-refractivity contribution in [2.45, 2.75) is 19.1 Å². The Hall–Kier alpha value is -3.77. The Morgan fingerprint density at radius 1 is 1.26 bits per heavy atom. The van der Waals surface area contributed by atoms with E-state index in [4.69, 9.17) is 4.52 Å². The summed E-state index contributed by atoms with van der Waals surface area (Å²) in [6, 6.07) is 4.90. The summed E-state index contributed by atoms with van der Waals surface area (Å²) in [5, 5.41) is 11.9. The Morgan fingerprint density at radius 3 is 2.61 bits per heavy atom. The zero-order valence-electron chi connectivity index (χ0n) is 16.2. The Morgan fingerprint density at radius 2 is 2.00 bits per heavy atom. The average Bonchev–Trinajstić information content (AvgIpc) is 3.31. The molecule has 0 saturated carbocycles. The number of aromatic nitrogens is 4. The van der Waals surface area contributed by atoms with Gasteiger partial charge in [0.15, 0.2) is 5.69 Å². The molecular weight excluding hydrogens is 424 g/mol. The van der Waals surface area contributed by atoms with Crippen molar-refractivity contribution in [1.82, 2.24) is 30.6 Å². The monoisotopic (exact) mass is 440 g/mol. The molecule has 0 aliphatic heterocycles. The Labute approximate surface area is 172 Å². The number of halogens is 4. The van der Waals surface area contributed by atoms with Gasteiger partial charge in [0.05, 0.1) is 0 Å². The molecule has 0 bridgehead atoms. The van der Waals surface area contributed by atoms with Gasteiger partial charge < -0.3 is 15.2 Å². The van der Waals surface area contributed by atoms with Crippen molar-refractivity contribution >= 4 is 11.8 Å². The molecule has 13 heteroatoms. The van der Waals surface area contributed by atoms with Gasteiger partial charge in [-0.05, 0) is 12.1 Å². The van der Waals surface area contributed by atoms with Crippen LogP contribution in [0.4, 0.5) is 17.6 Å². The number of aryl methyl sites for hydroxylation is 1. The van der Waals surface area contributed by atoms with Crippen molar-refractivity contribution in [1.29, 1.82) is 0 Å². The number of benzene rings is 1. The van der Waals surface area contributed by atoms with Crippen LogP contribution in [0.15, 0.2) is 34.9 Å². The summed E-state index contributed by atoms with van der Waals surface area (Å²) >= 11 is 0. The number of carbonyl (C=O) groups is 2. The molecule has 0 radical (unpaired) electrons. The zero-order valence-corrected chi connectivity index (χ0v) is 16.2. The summed E-state index contributed by atoms with van der Waals surface area (Å²) in [7, 11) is 1.18. The third-order valence-electron chi connectivity index (χ3n) is 4.09. The smallest absolute Gasteiger partial charge is 0.354 e.